The lowest BCUT2D eigenvalue weighted by molar-refractivity contribution is 0.0982. The molecule has 0 aromatic heterocycles. The number of rotatable bonds is 6. The second-order valence-electron chi connectivity index (χ2n) is 7.22. The summed E-state index contributed by atoms with van der Waals surface area (Å²) in [5, 5.41) is 15.8. The van der Waals surface area contributed by atoms with Gasteiger partial charge in [-0.1, -0.05) is 18.6 Å². The zero-order valence-electron chi connectivity index (χ0n) is 15.8. The van der Waals surface area contributed by atoms with Gasteiger partial charge < -0.3 is 10.6 Å². The number of nitriles is 1. The lowest BCUT2D eigenvalue weighted by atomic mass is 9.98. The maximum absolute atomic E-state index is 9.01. The van der Waals surface area contributed by atoms with Crippen LogP contribution in [0, 0.1) is 11.3 Å². The summed E-state index contributed by atoms with van der Waals surface area (Å²) in [6.45, 7) is 11.3. The third kappa shape index (κ3) is 6.06. The number of hydrogen-bond donors (Lipinski definition) is 2. The molecule has 5 heteroatoms. The Labute approximate surface area is 152 Å². The van der Waals surface area contributed by atoms with Crippen LogP contribution >= 0.6 is 0 Å². The van der Waals surface area contributed by atoms with Gasteiger partial charge in [0.05, 0.1) is 18.2 Å². The minimum Gasteiger partial charge on any atom is -0.357 e. The normalized spacial score (nSPS) is 16.3. The fourth-order valence-electron chi connectivity index (χ4n) is 3.16. The smallest absolute Gasteiger partial charge is 0.191 e. The highest BCUT2D eigenvalue weighted by molar-refractivity contribution is 5.79. The van der Waals surface area contributed by atoms with Crippen molar-refractivity contribution in [2.75, 3.05) is 26.2 Å². The molecule has 0 aliphatic carbocycles. The molecule has 5 nitrogen and oxygen atoms in total. The average molecular weight is 342 g/mol. The first kappa shape index (κ1) is 19.3. The molecule has 0 amide bonds. The number of benzene rings is 1. The Bertz CT molecular complexity index is 609. The summed E-state index contributed by atoms with van der Waals surface area (Å²) in [6, 6.07) is 9.80. The maximum atomic E-state index is 9.01. The third-order valence-electron chi connectivity index (χ3n) is 4.72. The molecule has 1 aliphatic rings. The average Bonchev–Trinajstić information content (AvgIpc) is 2.65. The summed E-state index contributed by atoms with van der Waals surface area (Å²) in [5.41, 5.74) is 1.83. The van der Waals surface area contributed by atoms with Gasteiger partial charge >= 0.3 is 0 Å². The molecule has 1 saturated heterocycles. The molecule has 2 rings (SSSR count). The van der Waals surface area contributed by atoms with Crippen molar-refractivity contribution in [2.24, 2.45) is 4.99 Å². The number of likely N-dealkylation sites (tertiary alicyclic amines) is 1. The molecule has 0 bridgehead atoms. The van der Waals surface area contributed by atoms with Crippen molar-refractivity contribution in [2.45, 2.75) is 52.1 Å². The summed E-state index contributed by atoms with van der Waals surface area (Å²) in [7, 11) is 0. The molecule has 1 aliphatic heterocycles. The van der Waals surface area contributed by atoms with E-state index in [4.69, 9.17) is 5.26 Å². The highest BCUT2D eigenvalue weighted by Crippen LogP contribution is 2.19. The van der Waals surface area contributed by atoms with Gasteiger partial charge in [0.15, 0.2) is 5.96 Å². The minimum atomic E-state index is 0.108. The number of aliphatic imine (C=N–C) groups is 1. The van der Waals surface area contributed by atoms with Gasteiger partial charge in [-0.3, -0.25) is 4.90 Å². The molecule has 1 aromatic rings. The molecular formula is C20H31N5. The van der Waals surface area contributed by atoms with Crippen LogP contribution in [-0.4, -0.2) is 42.6 Å². The Kier molecular flexibility index (Phi) is 7.27. The maximum Gasteiger partial charge on any atom is 0.191 e. The summed E-state index contributed by atoms with van der Waals surface area (Å²) < 4.78 is 0. The molecule has 1 aromatic carbocycles. The molecule has 0 radical (unpaired) electrons. The first-order valence-electron chi connectivity index (χ1n) is 9.31. The first-order chi connectivity index (χ1) is 12.0. The number of nitrogens with zero attached hydrogens (tertiary/aromatic N) is 3. The van der Waals surface area contributed by atoms with E-state index in [9.17, 15) is 0 Å². The SMILES string of the molecule is CCNC(=NCc1cccc(C#N)c1)NCC(C)(C)N1CCCCC1. The number of guanidine groups is 1. The van der Waals surface area contributed by atoms with Crippen molar-refractivity contribution in [3.8, 4) is 6.07 Å². The Morgan fingerprint density at radius 3 is 2.68 bits per heavy atom. The number of hydrogen-bond acceptors (Lipinski definition) is 3. The number of piperidine rings is 1. The van der Waals surface area contributed by atoms with Gasteiger partial charge in [-0.15, -0.1) is 0 Å². The van der Waals surface area contributed by atoms with E-state index in [2.05, 4.69) is 47.4 Å². The predicted octanol–water partition coefficient (Wildman–Crippen LogP) is 2.88. The van der Waals surface area contributed by atoms with Gasteiger partial charge in [0.25, 0.3) is 0 Å². The van der Waals surface area contributed by atoms with Crippen molar-refractivity contribution in [1.82, 2.24) is 15.5 Å². The van der Waals surface area contributed by atoms with Gasteiger partial charge in [0.1, 0.15) is 0 Å². The van der Waals surface area contributed by atoms with E-state index in [0.29, 0.717) is 12.1 Å². The van der Waals surface area contributed by atoms with Gasteiger partial charge in [0, 0.05) is 18.6 Å². The van der Waals surface area contributed by atoms with Gasteiger partial charge in [-0.2, -0.15) is 5.26 Å². The standard InChI is InChI=1S/C20H31N5/c1-4-22-19(23-15-18-10-8-9-17(13-18)14-21)24-16-20(2,3)25-11-6-5-7-12-25/h8-10,13H,4-7,11-12,15-16H2,1-3H3,(H2,22,23,24). The minimum absolute atomic E-state index is 0.108. The Balaban J connectivity index is 1.95. The molecule has 1 fully saturated rings. The zero-order valence-corrected chi connectivity index (χ0v) is 15.8. The quantitative estimate of drug-likeness (QED) is 0.617. The van der Waals surface area contributed by atoms with Crippen molar-refractivity contribution in [1.29, 1.82) is 5.26 Å². The van der Waals surface area contributed by atoms with Crippen LogP contribution in [0.4, 0.5) is 0 Å². The fraction of sp³-hybridized carbons (Fsp3) is 0.600. The molecule has 0 unspecified atom stereocenters. The van der Waals surface area contributed by atoms with Crippen LogP contribution < -0.4 is 10.6 Å². The molecule has 0 saturated carbocycles. The lowest BCUT2D eigenvalue weighted by Crippen LogP contribution is -2.54. The summed E-state index contributed by atoms with van der Waals surface area (Å²) in [4.78, 5) is 7.25. The monoisotopic (exact) mass is 341 g/mol. The van der Waals surface area contributed by atoms with Crippen molar-refractivity contribution in [3.05, 3.63) is 35.4 Å². The summed E-state index contributed by atoms with van der Waals surface area (Å²) in [5.74, 6) is 0.829. The molecule has 25 heavy (non-hydrogen) atoms. The van der Waals surface area contributed by atoms with Gasteiger partial charge in [0.2, 0.25) is 0 Å². The van der Waals surface area contributed by atoms with Crippen LogP contribution in [0.3, 0.4) is 0 Å². The van der Waals surface area contributed by atoms with E-state index < -0.39 is 0 Å². The van der Waals surface area contributed by atoms with E-state index in [0.717, 1.165) is 24.6 Å². The van der Waals surface area contributed by atoms with Crippen LogP contribution in [0.1, 0.15) is 51.2 Å². The zero-order chi connectivity index (χ0) is 18.1. The first-order valence-corrected chi connectivity index (χ1v) is 9.31. The predicted molar refractivity (Wildman–Crippen MR) is 103 cm³/mol. The van der Waals surface area contributed by atoms with Crippen molar-refractivity contribution < 1.29 is 0 Å². The molecule has 1 heterocycles. The molecular weight excluding hydrogens is 310 g/mol. The lowest BCUT2D eigenvalue weighted by Gasteiger charge is -2.41. The topological polar surface area (TPSA) is 63.5 Å². The highest BCUT2D eigenvalue weighted by atomic mass is 15.2. The molecule has 0 atom stereocenters. The van der Waals surface area contributed by atoms with Gasteiger partial charge in [-0.25, -0.2) is 4.99 Å². The second kappa shape index (κ2) is 9.43. The largest absolute Gasteiger partial charge is 0.357 e. The van der Waals surface area contributed by atoms with Crippen LogP contribution in [-0.2, 0) is 6.54 Å². The van der Waals surface area contributed by atoms with Crippen molar-refractivity contribution in [3.63, 3.8) is 0 Å². The highest BCUT2D eigenvalue weighted by Gasteiger charge is 2.27. The Hall–Kier alpha value is -2.06. The molecule has 136 valence electrons. The Morgan fingerprint density at radius 2 is 2.00 bits per heavy atom. The molecule has 2 N–H and O–H groups in total. The van der Waals surface area contributed by atoms with E-state index in [1.54, 1.807) is 0 Å². The molecule has 0 spiro atoms. The van der Waals surface area contributed by atoms with E-state index in [1.165, 1.54) is 32.4 Å². The Morgan fingerprint density at radius 1 is 1.24 bits per heavy atom. The van der Waals surface area contributed by atoms with Gasteiger partial charge in [-0.05, 0) is 64.4 Å². The summed E-state index contributed by atoms with van der Waals surface area (Å²) >= 11 is 0. The fourth-order valence-corrected chi connectivity index (χ4v) is 3.16. The van der Waals surface area contributed by atoms with Crippen LogP contribution in [0.2, 0.25) is 0 Å². The van der Waals surface area contributed by atoms with Crippen LogP contribution in [0.25, 0.3) is 0 Å². The number of nitrogens with one attached hydrogen (secondary N) is 2. The third-order valence-corrected chi connectivity index (χ3v) is 4.72. The van der Waals surface area contributed by atoms with E-state index >= 15 is 0 Å². The van der Waals surface area contributed by atoms with Crippen LogP contribution in [0.5, 0.6) is 0 Å². The van der Waals surface area contributed by atoms with E-state index in [1.807, 2.05) is 24.3 Å². The second-order valence-corrected chi connectivity index (χ2v) is 7.22. The van der Waals surface area contributed by atoms with E-state index in [-0.39, 0.29) is 5.54 Å². The van der Waals surface area contributed by atoms with Crippen molar-refractivity contribution >= 4 is 5.96 Å². The summed E-state index contributed by atoms with van der Waals surface area (Å²) in [6.07, 6.45) is 3.95. The van der Waals surface area contributed by atoms with Crippen LogP contribution in [0.15, 0.2) is 29.3 Å².